The molecule has 1 N–H and O–H groups in total. The number of aliphatic imine (C=N–C) groups is 1. The standard InChI is InChI=1S/C27H29N5O4S/c1-3-11-28-12-6-13-30-14-16-31(17-15-30)23(33)18-32-26(35)20-7-5-8-21(24(20)27(32)36)29-25(34)22-10-9-19(4-2)37-22/h3,5-13H,4,14-18H2,1-2H3,(H,29,34)/b11-3-,13-6+,28-12+. The number of benzene rings is 1. The maximum atomic E-state index is 13.2. The summed E-state index contributed by atoms with van der Waals surface area (Å²) in [6, 6.07) is 8.39. The Kier molecular flexibility index (Phi) is 8.29. The maximum absolute atomic E-state index is 13.2. The molecule has 2 aliphatic rings. The van der Waals surface area contributed by atoms with Gasteiger partial charge in [0.1, 0.15) is 6.54 Å². The number of hydrogen-bond acceptors (Lipinski definition) is 7. The van der Waals surface area contributed by atoms with Gasteiger partial charge in [0.15, 0.2) is 0 Å². The highest BCUT2D eigenvalue weighted by Gasteiger charge is 2.39. The highest BCUT2D eigenvalue weighted by Crippen LogP contribution is 2.30. The minimum absolute atomic E-state index is 0.121. The van der Waals surface area contributed by atoms with Gasteiger partial charge in [-0.3, -0.25) is 29.1 Å². The van der Waals surface area contributed by atoms with Crippen LogP contribution in [0.25, 0.3) is 0 Å². The molecule has 9 nitrogen and oxygen atoms in total. The van der Waals surface area contributed by atoms with Crippen LogP contribution in [0.15, 0.2) is 59.9 Å². The van der Waals surface area contributed by atoms with Gasteiger partial charge in [0.05, 0.1) is 21.7 Å². The third-order valence-corrected chi connectivity index (χ3v) is 7.37. The normalized spacial score (nSPS) is 16.0. The van der Waals surface area contributed by atoms with Crippen LogP contribution in [-0.2, 0) is 11.2 Å². The third kappa shape index (κ3) is 5.86. The highest BCUT2D eigenvalue weighted by atomic mass is 32.1. The molecule has 0 aliphatic carbocycles. The quantitative estimate of drug-likeness (QED) is 0.425. The number of thiophene rings is 1. The molecule has 0 atom stereocenters. The Morgan fingerprint density at radius 1 is 1.08 bits per heavy atom. The highest BCUT2D eigenvalue weighted by molar-refractivity contribution is 7.14. The van der Waals surface area contributed by atoms with Gasteiger partial charge in [-0.15, -0.1) is 11.3 Å². The Morgan fingerprint density at radius 3 is 2.57 bits per heavy atom. The molecule has 2 aliphatic heterocycles. The average Bonchev–Trinajstić information content (AvgIpc) is 3.49. The molecule has 10 heteroatoms. The summed E-state index contributed by atoms with van der Waals surface area (Å²) in [4.78, 5) is 62.3. The van der Waals surface area contributed by atoms with Crippen LogP contribution < -0.4 is 5.32 Å². The third-order valence-electron chi connectivity index (χ3n) is 6.15. The summed E-state index contributed by atoms with van der Waals surface area (Å²) in [6.07, 6.45) is 9.82. The number of fused-ring (bicyclic) bond motifs is 1. The van der Waals surface area contributed by atoms with Crippen LogP contribution in [0, 0.1) is 0 Å². The Balaban J connectivity index is 1.38. The molecule has 1 saturated heterocycles. The molecule has 1 aromatic carbocycles. The van der Waals surface area contributed by atoms with Crippen molar-refractivity contribution in [1.82, 2.24) is 14.7 Å². The molecule has 0 bridgehead atoms. The Morgan fingerprint density at radius 2 is 1.86 bits per heavy atom. The largest absolute Gasteiger partial charge is 0.374 e. The van der Waals surface area contributed by atoms with Gasteiger partial charge in [-0.25, -0.2) is 0 Å². The molecule has 2 aromatic rings. The van der Waals surface area contributed by atoms with Crippen molar-refractivity contribution in [3.63, 3.8) is 0 Å². The molecule has 0 spiro atoms. The topological polar surface area (TPSA) is 102 Å². The van der Waals surface area contributed by atoms with Crippen molar-refractivity contribution < 1.29 is 19.2 Å². The average molecular weight is 520 g/mol. The number of imide groups is 1. The number of carbonyl (C=O) groups excluding carboxylic acids is 4. The first-order valence-corrected chi connectivity index (χ1v) is 13.0. The van der Waals surface area contributed by atoms with Crippen molar-refractivity contribution in [2.75, 3.05) is 38.0 Å². The number of nitrogens with zero attached hydrogens (tertiary/aromatic N) is 4. The molecular weight excluding hydrogens is 490 g/mol. The lowest BCUT2D eigenvalue weighted by Crippen LogP contribution is -2.50. The van der Waals surface area contributed by atoms with Crippen LogP contribution >= 0.6 is 11.3 Å². The van der Waals surface area contributed by atoms with Crippen molar-refractivity contribution in [2.45, 2.75) is 20.3 Å². The molecular formula is C27H29N5O4S. The Bertz CT molecular complexity index is 1290. The van der Waals surface area contributed by atoms with Crippen molar-refractivity contribution >= 4 is 46.9 Å². The predicted octanol–water partition coefficient (Wildman–Crippen LogP) is 3.42. The Labute approximate surface area is 219 Å². The molecule has 192 valence electrons. The van der Waals surface area contributed by atoms with Crippen LogP contribution in [0.5, 0.6) is 0 Å². The van der Waals surface area contributed by atoms with Gasteiger partial charge < -0.3 is 15.1 Å². The Hall–Kier alpha value is -4.05. The molecule has 0 radical (unpaired) electrons. The zero-order chi connectivity index (χ0) is 26.4. The summed E-state index contributed by atoms with van der Waals surface area (Å²) < 4.78 is 0. The molecule has 1 aromatic heterocycles. The fourth-order valence-electron chi connectivity index (χ4n) is 4.16. The van der Waals surface area contributed by atoms with Crippen LogP contribution in [-0.4, -0.2) is 77.3 Å². The van der Waals surface area contributed by atoms with E-state index in [1.165, 1.54) is 11.3 Å². The number of aryl methyl sites for hydroxylation is 1. The van der Waals surface area contributed by atoms with Crippen LogP contribution in [0.1, 0.15) is 49.1 Å². The molecule has 0 unspecified atom stereocenters. The van der Waals surface area contributed by atoms with Crippen LogP contribution in [0.3, 0.4) is 0 Å². The van der Waals surface area contributed by atoms with Gasteiger partial charge in [0, 0.05) is 49.7 Å². The van der Waals surface area contributed by atoms with E-state index in [-0.39, 0.29) is 35.2 Å². The first-order chi connectivity index (χ1) is 17.9. The summed E-state index contributed by atoms with van der Waals surface area (Å²) in [5.74, 6) is -1.74. The van der Waals surface area contributed by atoms with E-state index >= 15 is 0 Å². The van der Waals surface area contributed by atoms with Crippen LogP contribution in [0.2, 0.25) is 0 Å². The summed E-state index contributed by atoms with van der Waals surface area (Å²) >= 11 is 1.39. The summed E-state index contributed by atoms with van der Waals surface area (Å²) in [7, 11) is 0. The van der Waals surface area contributed by atoms with Crippen molar-refractivity contribution in [3.05, 3.63) is 75.8 Å². The molecule has 4 amide bonds. The molecule has 0 saturated carbocycles. The molecule has 37 heavy (non-hydrogen) atoms. The SMILES string of the molecule is C\C=C/N=C/C=C/N1CCN(C(=O)CN2C(=O)c3cccc(NC(=O)c4ccc(CC)s4)c3C2=O)CC1. The minimum Gasteiger partial charge on any atom is -0.374 e. The van der Waals surface area contributed by atoms with E-state index in [1.54, 1.807) is 41.6 Å². The predicted molar refractivity (Wildman–Crippen MR) is 144 cm³/mol. The van der Waals surface area contributed by atoms with E-state index in [0.29, 0.717) is 31.1 Å². The van der Waals surface area contributed by atoms with E-state index in [1.807, 2.05) is 38.3 Å². The first-order valence-electron chi connectivity index (χ1n) is 12.1. The number of amides is 4. The second-order valence-electron chi connectivity index (χ2n) is 8.54. The van der Waals surface area contributed by atoms with E-state index < -0.39 is 11.8 Å². The second kappa shape index (κ2) is 11.8. The van der Waals surface area contributed by atoms with Crippen LogP contribution in [0.4, 0.5) is 5.69 Å². The zero-order valence-corrected chi connectivity index (χ0v) is 21.7. The fourth-order valence-corrected chi connectivity index (χ4v) is 5.00. The minimum atomic E-state index is -0.577. The zero-order valence-electron chi connectivity index (χ0n) is 20.8. The van der Waals surface area contributed by atoms with Crippen molar-refractivity contribution in [1.29, 1.82) is 0 Å². The number of piperazine rings is 1. The smallest absolute Gasteiger partial charge is 0.265 e. The lowest BCUT2D eigenvalue weighted by Gasteiger charge is -2.34. The van der Waals surface area contributed by atoms with Gasteiger partial charge in [-0.05, 0) is 43.7 Å². The van der Waals surface area contributed by atoms with E-state index in [0.717, 1.165) is 16.2 Å². The van der Waals surface area contributed by atoms with Gasteiger partial charge in [0.2, 0.25) is 5.91 Å². The summed E-state index contributed by atoms with van der Waals surface area (Å²) in [5.41, 5.74) is 0.571. The van der Waals surface area contributed by atoms with E-state index in [2.05, 4.69) is 15.2 Å². The maximum Gasteiger partial charge on any atom is 0.265 e. The number of hydrogen-bond donors (Lipinski definition) is 1. The van der Waals surface area contributed by atoms with Gasteiger partial charge in [-0.1, -0.05) is 19.1 Å². The number of nitrogens with one attached hydrogen (secondary N) is 1. The summed E-state index contributed by atoms with van der Waals surface area (Å²) in [5, 5.41) is 2.77. The number of rotatable bonds is 8. The van der Waals surface area contributed by atoms with Gasteiger partial charge in [0.25, 0.3) is 17.7 Å². The monoisotopic (exact) mass is 519 g/mol. The van der Waals surface area contributed by atoms with Crippen molar-refractivity contribution in [2.24, 2.45) is 4.99 Å². The lowest BCUT2D eigenvalue weighted by atomic mass is 10.1. The van der Waals surface area contributed by atoms with Crippen molar-refractivity contribution in [3.8, 4) is 0 Å². The number of allylic oxidation sites excluding steroid dienone is 2. The lowest BCUT2D eigenvalue weighted by molar-refractivity contribution is -0.132. The number of carbonyl (C=O) groups is 4. The van der Waals surface area contributed by atoms with Gasteiger partial charge >= 0.3 is 0 Å². The first kappa shape index (κ1) is 26.0. The summed E-state index contributed by atoms with van der Waals surface area (Å²) in [6.45, 7) is 5.82. The molecule has 3 heterocycles. The van der Waals surface area contributed by atoms with Gasteiger partial charge in [-0.2, -0.15) is 0 Å². The molecule has 1 fully saturated rings. The van der Waals surface area contributed by atoms with E-state index in [9.17, 15) is 19.2 Å². The molecule has 4 rings (SSSR count). The fraction of sp³-hybridized carbons (Fsp3) is 0.296. The second-order valence-corrected chi connectivity index (χ2v) is 9.71. The number of anilines is 1. The van der Waals surface area contributed by atoms with E-state index in [4.69, 9.17) is 0 Å².